The van der Waals surface area contributed by atoms with Crippen LogP contribution in [0.1, 0.15) is 51.0 Å². The fourth-order valence-corrected chi connectivity index (χ4v) is 2.38. The van der Waals surface area contributed by atoms with Gasteiger partial charge in [0, 0.05) is 6.04 Å². The van der Waals surface area contributed by atoms with Gasteiger partial charge in [-0.1, -0.05) is 56.2 Å². The Balaban J connectivity index is 2.31. The molecule has 0 aromatic heterocycles. The van der Waals surface area contributed by atoms with Crippen LogP contribution in [-0.4, -0.2) is 12.6 Å². The van der Waals surface area contributed by atoms with Crippen molar-refractivity contribution in [1.82, 2.24) is 5.32 Å². The van der Waals surface area contributed by atoms with Crippen LogP contribution in [0, 0.1) is 0 Å². The molecule has 19 heavy (non-hydrogen) atoms. The standard InChI is InChI=1S/C18H29N/c1-3-5-6-7-11-14-18(19-15-4-2)16-17-12-9-8-10-13-17/h3,8-10,12-13,18-19H,1,4-7,11,14-16H2,2H3. The molecular formula is C18H29N. The molecule has 0 saturated heterocycles. The van der Waals surface area contributed by atoms with Gasteiger partial charge in [0.1, 0.15) is 0 Å². The Hall–Kier alpha value is -1.08. The summed E-state index contributed by atoms with van der Waals surface area (Å²) in [5.41, 5.74) is 1.45. The van der Waals surface area contributed by atoms with Crippen LogP contribution >= 0.6 is 0 Å². The van der Waals surface area contributed by atoms with Gasteiger partial charge in [-0.25, -0.2) is 0 Å². The van der Waals surface area contributed by atoms with Crippen molar-refractivity contribution in [3.63, 3.8) is 0 Å². The summed E-state index contributed by atoms with van der Waals surface area (Å²) < 4.78 is 0. The lowest BCUT2D eigenvalue weighted by molar-refractivity contribution is 0.454. The van der Waals surface area contributed by atoms with Gasteiger partial charge in [-0.2, -0.15) is 0 Å². The lowest BCUT2D eigenvalue weighted by Crippen LogP contribution is -2.31. The Bertz CT molecular complexity index is 318. The van der Waals surface area contributed by atoms with Crippen molar-refractivity contribution < 1.29 is 0 Å². The average Bonchev–Trinajstić information content (AvgIpc) is 2.45. The molecule has 0 bridgehead atoms. The molecule has 0 saturated carbocycles. The van der Waals surface area contributed by atoms with Crippen molar-refractivity contribution in [3.05, 3.63) is 48.6 Å². The molecular weight excluding hydrogens is 230 g/mol. The van der Waals surface area contributed by atoms with Gasteiger partial charge in [0.25, 0.3) is 0 Å². The fourth-order valence-electron chi connectivity index (χ4n) is 2.38. The molecule has 0 amide bonds. The molecule has 1 unspecified atom stereocenters. The highest BCUT2D eigenvalue weighted by atomic mass is 14.9. The Morgan fingerprint density at radius 2 is 1.95 bits per heavy atom. The normalized spacial score (nSPS) is 12.3. The highest BCUT2D eigenvalue weighted by Gasteiger charge is 2.08. The van der Waals surface area contributed by atoms with Crippen LogP contribution in [-0.2, 0) is 6.42 Å². The van der Waals surface area contributed by atoms with Crippen molar-refractivity contribution in [1.29, 1.82) is 0 Å². The molecule has 0 aliphatic heterocycles. The van der Waals surface area contributed by atoms with Crippen molar-refractivity contribution in [2.24, 2.45) is 0 Å². The summed E-state index contributed by atoms with van der Waals surface area (Å²) in [6.07, 6.45) is 10.8. The number of allylic oxidation sites excluding steroid dienone is 1. The van der Waals surface area contributed by atoms with Gasteiger partial charge in [-0.05, 0) is 44.2 Å². The highest BCUT2D eigenvalue weighted by molar-refractivity contribution is 5.15. The molecule has 106 valence electrons. The van der Waals surface area contributed by atoms with Crippen molar-refractivity contribution in [3.8, 4) is 0 Å². The van der Waals surface area contributed by atoms with Crippen LogP contribution < -0.4 is 5.32 Å². The minimum absolute atomic E-state index is 0.631. The monoisotopic (exact) mass is 259 g/mol. The van der Waals surface area contributed by atoms with E-state index in [0.29, 0.717) is 6.04 Å². The number of benzene rings is 1. The van der Waals surface area contributed by atoms with E-state index in [2.05, 4.69) is 49.2 Å². The zero-order chi connectivity index (χ0) is 13.8. The maximum Gasteiger partial charge on any atom is 0.0107 e. The summed E-state index contributed by atoms with van der Waals surface area (Å²) in [6, 6.07) is 11.5. The largest absolute Gasteiger partial charge is 0.314 e. The van der Waals surface area contributed by atoms with Crippen LogP contribution in [0.15, 0.2) is 43.0 Å². The lowest BCUT2D eigenvalue weighted by Gasteiger charge is -2.18. The number of rotatable bonds is 11. The van der Waals surface area contributed by atoms with Gasteiger partial charge >= 0.3 is 0 Å². The van der Waals surface area contributed by atoms with Gasteiger partial charge < -0.3 is 5.32 Å². The summed E-state index contributed by atoms with van der Waals surface area (Å²) in [6.45, 7) is 7.14. The maximum absolute atomic E-state index is 3.78. The molecule has 1 heteroatoms. The molecule has 1 atom stereocenters. The minimum Gasteiger partial charge on any atom is -0.314 e. The predicted molar refractivity (Wildman–Crippen MR) is 85.5 cm³/mol. The first-order chi connectivity index (χ1) is 9.36. The second-order valence-electron chi connectivity index (χ2n) is 5.27. The third-order valence-corrected chi connectivity index (χ3v) is 3.47. The van der Waals surface area contributed by atoms with E-state index in [1.54, 1.807) is 0 Å². The van der Waals surface area contributed by atoms with Gasteiger partial charge in [0.2, 0.25) is 0 Å². The Labute approximate surface area is 119 Å². The molecule has 1 rings (SSSR count). The van der Waals surface area contributed by atoms with Crippen molar-refractivity contribution in [2.45, 2.75) is 57.9 Å². The second kappa shape index (κ2) is 10.8. The number of unbranched alkanes of at least 4 members (excludes halogenated alkanes) is 3. The second-order valence-corrected chi connectivity index (χ2v) is 5.27. The summed E-state index contributed by atoms with van der Waals surface area (Å²) in [7, 11) is 0. The maximum atomic E-state index is 3.78. The number of hydrogen-bond acceptors (Lipinski definition) is 1. The molecule has 0 fully saturated rings. The van der Waals surface area contributed by atoms with E-state index in [9.17, 15) is 0 Å². The van der Waals surface area contributed by atoms with Gasteiger partial charge in [-0.3, -0.25) is 0 Å². The van der Waals surface area contributed by atoms with Crippen LogP contribution in [0.4, 0.5) is 0 Å². The summed E-state index contributed by atoms with van der Waals surface area (Å²) >= 11 is 0. The quantitative estimate of drug-likeness (QED) is 0.447. The van der Waals surface area contributed by atoms with E-state index in [4.69, 9.17) is 0 Å². The van der Waals surface area contributed by atoms with Crippen molar-refractivity contribution >= 4 is 0 Å². The Morgan fingerprint density at radius 3 is 2.63 bits per heavy atom. The van der Waals surface area contributed by atoms with Gasteiger partial charge in [0.05, 0.1) is 0 Å². The van der Waals surface area contributed by atoms with Crippen molar-refractivity contribution in [2.75, 3.05) is 6.54 Å². The molecule has 0 heterocycles. The van der Waals surface area contributed by atoms with Gasteiger partial charge in [-0.15, -0.1) is 6.58 Å². The fraction of sp³-hybridized carbons (Fsp3) is 0.556. The third kappa shape index (κ3) is 7.84. The third-order valence-electron chi connectivity index (χ3n) is 3.47. The molecule has 0 radical (unpaired) electrons. The van der Waals surface area contributed by atoms with Crippen LogP contribution in [0.5, 0.6) is 0 Å². The molecule has 1 aromatic carbocycles. The summed E-state index contributed by atoms with van der Waals surface area (Å²) in [5.74, 6) is 0. The first-order valence-electron chi connectivity index (χ1n) is 7.75. The molecule has 0 aliphatic rings. The summed E-state index contributed by atoms with van der Waals surface area (Å²) in [5, 5.41) is 3.69. The van der Waals surface area contributed by atoms with E-state index >= 15 is 0 Å². The molecule has 1 N–H and O–H groups in total. The smallest absolute Gasteiger partial charge is 0.0107 e. The first kappa shape index (κ1) is 16.0. The van der Waals surface area contributed by atoms with E-state index < -0.39 is 0 Å². The average molecular weight is 259 g/mol. The van der Waals surface area contributed by atoms with Gasteiger partial charge in [0.15, 0.2) is 0 Å². The topological polar surface area (TPSA) is 12.0 Å². The van der Waals surface area contributed by atoms with E-state index in [0.717, 1.165) is 19.4 Å². The molecule has 0 aliphatic carbocycles. The zero-order valence-corrected chi connectivity index (χ0v) is 12.4. The zero-order valence-electron chi connectivity index (χ0n) is 12.4. The van der Waals surface area contributed by atoms with Crippen LogP contribution in [0.3, 0.4) is 0 Å². The van der Waals surface area contributed by atoms with Crippen LogP contribution in [0.2, 0.25) is 0 Å². The Kier molecular flexibility index (Phi) is 9.09. The van der Waals surface area contributed by atoms with E-state index in [-0.39, 0.29) is 0 Å². The predicted octanol–water partition coefficient (Wildman–Crippen LogP) is 4.73. The SMILES string of the molecule is C=CCCCCCC(Cc1ccccc1)NCCC. The van der Waals surface area contributed by atoms with Crippen LogP contribution in [0.25, 0.3) is 0 Å². The first-order valence-corrected chi connectivity index (χ1v) is 7.75. The minimum atomic E-state index is 0.631. The van der Waals surface area contributed by atoms with E-state index in [1.807, 2.05) is 6.08 Å². The molecule has 1 nitrogen and oxygen atoms in total. The van der Waals surface area contributed by atoms with E-state index in [1.165, 1.54) is 37.7 Å². The number of nitrogens with one attached hydrogen (secondary N) is 1. The lowest BCUT2D eigenvalue weighted by atomic mass is 10.00. The Morgan fingerprint density at radius 1 is 1.16 bits per heavy atom. The molecule has 1 aromatic rings. The molecule has 0 spiro atoms. The summed E-state index contributed by atoms with van der Waals surface area (Å²) in [4.78, 5) is 0. The highest BCUT2D eigenvalue weighted by Crippen LogP contribution is 2.11. The number of hydrogen-bond donors (Lipinski definition) is 1.